The number of aromatic nitrogens is 2. The Kier molecular flexibility index (Phi) is 4.11. The van der Waals surface area contributed by atoms with Crippen molar-refractivity contribution in [2.45, 2.75) is 6.92 Å². The summed E-state index contributed by atoms with van der Waals surface area (Å²) in [5.41, 5.74) is 2.87. The minimum atomic E-state index is -1.06. The number of halogens is 2. The predicted octanol–water partition coefficient (Wildman–Crippen LogP) is 4.85. The quantitative estimate of drug-likeness (QED) is 0.737. The van der Waals surface area contributed by atoms with E-state index >= 15 is 0 Å². The molecule has 0 aliphatic carbocycles. The number of nitrogens with zero attached hydrogens (tertiary/aromatic N) is 2. The molecule has 2 aromatic carbocycles. The lowest BCUT2D eigenvalue weighted by Crippen LogP contribution is -2.07. The maximum absolute atomic E-state index is 11.5. The van der Waals surface area contributed by atoms with Crippen LogP contribution in [0.15, 0.2) is 48.5 Å². The number of aryl methyl sites for hydroxylation is 1. The summed E-state index contributed by atoms with van der Waals surface area (Å²) in [6.45, 7) is 1.93. The van der Waals surface area contributed by atoms with Crippen LogP contribution in [0.5, 0.6) is 0 Å². The molecule has 116 valence electrons. The summed E-state index contributed by atoms with van der Waals surface area (Å²) in [4.78, 5) is 11.5. The van der Waals surface area contributed by atoms with Gasteiger partial charge in [-0.3, -0.25) is 0 Å². The first-order valence-corrected chi connectivity index (χ1v) is 7.57. The molecule has 3 aromatic rings. The van der Waals surface area contributed by atoms with Crippen LogP contribution in [-0.2, 0) is 0 Å². The Bertz CT molecular complexity index is 903. The Morgan fingerprint density at radius 1 is 1.13 bits per heavy atom. The van der Waals surface area contributed by atoms with Crippen LogP contribution in [0.2, 0.25) is 10.0 Å². The van der Waals surface area contributed by atoms with Crippen molar-refractivity contribution < 1.29 is 9.90 Å². The normalized spacial score (nSPS) is 10.7. The fraction of sp³-hybridized carbons (Fsp3) is 0.0588. The second-order valence-electron chi connectivity index (χ2n) is 5.09. The van der Waals surface area contributed by atoms with Gasteiger partial charge in [0.2, 0.25) is 0 Å². The minimum absolute atomic E-state index is 0.0663. The molecule has 0 fully saturated rings. The molecule has 1 aromatic heterocycles. The number of hydrogen-bond donors (Lipinski definition) is 1. The van der Waals surface area contributed by atoms with E-state index in [1.54, 1.807) is 24.3 Å². The summed E-state index contributed by atoms with van der Waals surface area (Å²) in [6.07, 6.45) is 0. The maximum Gasteiger partial charge on any atom is 0.354 e. The highest BCUT2D eigenvalue weighted by Crippen LogP contribution is 2.30. The van der Waals surface area contributed by atoms with Crippen molar-refractivity contribution in [2.24, 2.45) is 0 Å². The second-order valence-corrected chi connectivity index (χ2v) is 5.94. The number of carboxylic acid groups (broad SMARTS) is 1. The molecule has 6 heteroatoms. The number of hydrogen-bond acceptors (Lipinski definition) is 2. The van der Waals surface area contributed by atoms with Gasteiger partial charge in [0, 0.05) is 10.6 Å². The highest BCUT2D eigenvalue weighted by molar-refractivity contribution is 6.36. The third-order valence-corrected chi connectivity index (χ3v) is 3.93. The number of rotatable bonds is 3. The zero-order chi connectivity index (χ0) is 16.6. The largest absolute Gasteiger partial charge is 0.477 e. The van der Waals surface area contributed by atoms with Gasteiger partial charge in [-0.15, -0.1) is 0 Å². The fourth-order valence-electron chi connectivity index (χ4n) is 2.32. The summed E-state index contributed by atoms with van der Waals surface area (Å²) in [6, 6.07) is 14.0. The van der Waals surface area contributed by atoms with Gasteiger partial charge < -0.3 is 5.11 Å². The van der Waals surface area contributed by atoms with Crippen LogP contribution in [0.25, 0.3) is 16.9 Å². The van der Waals surface area contributed by atoms with Crippen molar-refractivity contribution in [3.8, 4) is 16.9 Å². The smallest absolute Gasteiger partial charge is 0.354 e. The van der Waals surface area contributed by atoms with Crippen molar-refractivity contribution in [1.29, 1.82) is 0 Å². The summed E-state index contributed by atoms with van der Waals surface area (Å²) < 4.78 is 1.40. The number of carbonyl (C=O) groups is 1. The number of aromatic carboxylic acids is 1. The van der Waals surface area contributed by atoms with Crippen LogP contribution in [0.4, 0.5) is 0 Å². The zero-order valence-corrected chi connectivity index (χ0v) is 13.6. The Morgan fingerprint density at radius 2 is 1.91 bits per heavy atom. The number of carboxylic acids is 1. The molecule has 3 rings (SSSR count). The lowest BCUT2D eigenvalue weighted by atomic mass is 10.1. The van der Waals surface area contributed by atoms with E-state index in [2.05, 4.69) is 5.10 Å². The molecule has 0 aliphatic heterocycles. The van der Waals surface area contributed by atoms with Crippen molar-refractivity contribution in [3.63, 3.8) is 0 Å². The van der Waals surface area contributed by atoms with E-state index in [1.165, 1.54) is 10.7 Å². The van der Waals surface area contributed by atoms with Gasteiger partial charge >= 0.3 is 5.97 Å². The van der Waals surface area contributed by atoms with E-state index in [0.717, 1.165) is 5.56 Å². The Hall–Kier alpha value is -2.30. The molecule has 0 unspecified atom stereocenters. The Morgan fingerprint density at radius 3 is 2.57 bits per heavy atom. The van der Waals surface area contributed by atoms with Crippen LogP contribution in [0, 0.1) is 6.92 Å². The highest BCUT2D eigenvalue weighted by Gasteiger charge is 2.18. The molecule has 23 heavy (non-hydrogen) atoms. The molecule has 1 N–H and O–H groups in total. The molecule has 0 bridgehead atoms. The lowest BCUT2D eigenvalue weighted by Gasteiger charge is -2.05. The second kappa shape index (κ2) is 6.07. The third-order valence-electron chi connectivity index (χ3n) is 3.38. The van der Waals surface area contributed by atoms with Crippen LogP contribution >= 0.6 is 23.2 Å². The molecule has 0 amide bonds. The average Bonchev–Trinajstić information content (AvgIpc) is 2.92. The van der Waals surface area contributed by atoms with Crippen molar-refractivity contribution >= 4 is 29.2 Å². The van der Waals surface area contributed by atoms with Gasteiger partial charge in [-0.05, 0) is 48.9 Å². The van der Waals surface area contributed by atoms with E-state index in [1.807, 2.05) is 25.1 Å². The molecule has 4 nitrogen and oxygen atoms in total. The highest BCUT2D eigenvalue weighted by atomic mass is 35.5. The molecule has 0 atom stereocenters. The molecule has 0 saturated carbocycles. The summed E-state index contributed by atoms with van der Waals surface area (Å²) >= 11 is 12.1. The molecular formula is C17H12Cl2N2O2. The third kappa shape index (κ3) is 3.09. The van der Waals surface area contributed by atoms with Gasteiger partial charge in [0.05, 0.1) is 16.4 Å². The molecule has 1 heterocycles. The fourth-order valence-corrected chi connectivity index (χ4v) is 2.82. The predicted molar refractivity (Wildman–Crippen MR) is 90.7 cm³/mol. The summed E-state index contributed by atoms with van der Waals surface area (Å²) in [7, 11) is 0. The Labute approximate surface area is 142 Å². The molecular weight excluding hydrogens is 335 g/mol. The first-order valence-electron chi connectivity index (χ1n) is 6.81. The van der Waals surface area contributed by atoms with E-state index in [9.17, 15) is 9.90 Å². The maximum atomic E-state index is 11.5. The van der Waals surface area contributed by atoms with Gasteiger partial charge in [0.15, 0.2) is 5.69 Å². The molecule has 0 aliphatic rings. The SMILES string of the molecule is Cc1cccc(-n2nc(-c3ccc(Cl)cc3Cl)cc2C(=O)O)c1. The first-order chi connectivity index (χ1) is 11.0. The minimum Gasteiger partial charge on any atom is -0.477 e. The standard InChI is InChI=1S/C17H12Cl2N2O2/c1-10-3-2-4-12(7-10)21-16(17(22)23)9-15(20-21)13-6-5-11(18)8-14(13)19/h2-9H,1H3,(H,22,23). The molecule has 0 spiro atoms. The van der Waals surface area contributed by atoms with Crippen molar-refractivity contribution in [1.82, 2.24) is 9.78 Å². The number of benzene rings is 2. The van der Waals surface area contributed by atoms with Crippen molar-refractivity contribution in [3.05, 3.63) is 69.8 Å². The van der Waals surface area contributed by atoms with Crippen LogP contribution in [0.1, 0.15) is 16.1 Å². The first kappa shape index (κ1) is 15.6. The molecule has 0 radical (unpaired) electrons. The average molecular weight is 347 g/mol. The van der Waals surface area contributed by atoms with E-state index < -0.39 is 5.97 Å². The van der Waals surface area contributed by atoms with Crippen LogP contribution < -0.4 is 0 Å². The van der Waals surface area contributed by atoms with Gasteiger partial charge in [0.1, 0.15) is 0 Å². The summed E-state index contributed by atoms with van der Waals surface area (Å²) in [5, 5.41) is 14.8. The van der Waals surface area contributed by atoms with Gasteiger partial charge in [-0.2, -0.15) is 5.10 Å². The van der Waals surface area contributed by atoms with Gasteiger partial charge in [-0.25, -0.2) is 9.48 Å². The topological polar surface area (TPSA) is 55.1 Å². The Balaban J connectivity index is 2.18. The van der Waals surface area contributed by atoms with E-state index in [-0.39, 0.29) is 5.69 Å². The lowest BCUT2D eigenvalue weighted by molar-refractivity contribution is 0.0687. The van der Waals surface area contributed by atoms with Gasteiger partial charge in [-0.1, -0.05) is 35.3 Å². The molecule has 0 saturated heterocycles. The van der Waals surface area contributed by atoms with Crippen LogP contribution in [-0.4, -0.2) is 20.9 Å². The van der Waals surface area contributed by atoms with E-state index in [4.69, 9.17) is 23.2 Å². The van der Waals surface area contributed by atoms with Crippen molar-refractivity contribution in [2.75, 3.05) is 0 Å². The van der Waals surface area contributed by atoms with Gasteiger partial charge in [0.25, 0.3) is 0 Å². The zero-order valence-electron chi connectivity index (χ0n) is 12.1. The monoisotopic (exact) mass is 346 g/mol. The van der Waals surface area contributed by atoms with E-state index in [0.29, 0.717) is 27.0 Å². The summed E-state index contributed by atoms with van der Waals surface area (Å²) in [5.74, 6) is -1.06. The van der Waals surface area contributed by atoms with Crippen LogP contribution in [0.3, 0.4) is 0 Å².